The zero-order chi connectivity index (χ0) is 20.1. The normalized spacial score (nSPS) is 13.3. The number of nitrogens with zero attached hydrogens (tertiary/aromatic N) is 4. The van der Waals surface area contributed by atoms with Crippen molar-refractivity contribution in [2.24, 2.45) is 7.05 Å². The van der Waals surface area contributed by atoms with Gasteiger partial charge in [0.2, 0.25) is 0 Å². The second-order valence-corrected chi connectivity index (χ2v) is 6.54. The molecule has 3 aromatic rings. The molecule has 1 aromatic carbocycles. The summed E-state index contributed by atoms with van der Waals surface area (Å²) in [4.78, 5) is 4.43. The summed E-state index contributed by atoms with van der Waals surface area (Å²) in [6.07, 6.45) is 11.3. The number of nitrogens with one attached hydrogen (secondary N) is 1. The van der Waals surface area contributed by atoms with Gasteiger partial charge in [0.15, 0.2) is 0 Å². The van der Waals surface area contributed by atoms with Crippen molar-refractivity contribution >= 4 is 16.6 Å². The highest BCUT2D eigenvalue weighted by Gasteiger charge is 2.11. The molecule has 0 radical (unpaired) electrons. The predicted octanol–water partition coefficient (Wildman–Crippen LogP) is 2.79. The molecule has 1 aliphatic rings. The first-order valence-corrected chi connectivity index (χ1v) is 9.27. The van der Waals surface area contributed by atoms with Crippen molar-refractivity contribution in [1.29, 1.82) is 0 Å². The minimum absolute atomic E-state index is 0.407. The molecule has 0 saturated carbocycles. The monoisotopic (exact) mass is 393 g/mol. The molecule has 3 heterocycles. The van der Waals surface area contributed by atoms with Crippen molar-refractivity contribution in [2.75, 3.05) is 31.9 Å². The molecule has 0 unspecified atom stereocenters. The minimum Gasteiger partial charge on any atom is -0.490 e. The fourth-order valence-electron chi connectivity index (χ4n) is 2.90. The third-order valence-corrected chi connectivity index (χ3v) is 4.34. The van der Waals surface area contributed by atoms with E-state index in [4.69, 9.17) is 14.2 Å². The molecule has 0 amide bonds. The topological polar surface area (TPSA) is 73.7 Å². The van der Waals surface area contributed by atoms with E-state index in [1.54, 1.807) is 24.2 Å². The lowest BCUT2D eigenvalue weighted by atomic mass is 10.2. The van der Waals surface area contributed by atoms with Crippen molar-refractivity contribution in [3.8, 4) is 11.5 Å². The molecule has 1 N–H and O–H groups in total. The molecule has 2 aromatic heterocycles. The maximum absolute atomic E-state index is 5.98. The van der Waals surface area contributed by atoms with E-state index >= 15 is 0 Å². The molecule has 29 heavy (non-hydrogen) atoms. The van der Waals surface area contributed by atoms with E-state index in [0.29, 0.717) is 25.6 Å². The van der Waals surface area contributed by atoms with Gasteiger partial charge in [-0.1, -0.05) is 0 Å². The Balaban J connectivity index is 1.40. The summed E-state index contributed by atoms with van der Waals surface area (Å²) >= 11 is 0. The number of ether oxygens (including phenoxy) is 3. The fourth-order valence-corrected chi connectivity index (χ4v) is 2.90. The van der Waals surface area contributed by atoms with Gasteiger partial charge in [0.25, 0.3) is 0 Å². The number of anilines is 1. The van der Waals surface area contributed by atoms with Gasteiger partial charge in [-0.3, -0.25) is 20.1 Å². The zero-order valence-electron chi connectivity index (χ0n) is 16.4. The number of aromatic nitrogens is 3. The van der Waals surface area contributed by atoms with Crippen LogP contribution in [0.25, 0.3) is 10.9 Å². The van der Waals surface area contributed by atoms with Crippen LogP contribution in [0.1, 0.15) is 0 Å². The highest BCUT2D eigenvalue weighted by atomic mass is 16.5. The van der Waals surface area contributed by atoms with Gasteiger partial charge in [-0.25, -0.2) is 0 Å². The summed E-state index contributed by atoms with van der Waals surface area (Å²) in [6, 6.07) is 7.77. The maximum atomic E-state index is 5.98. The smallest absolute Gasteiger partial charge is 0.138 e. The molecular formula is C21H23N5O3. The summed E-state index contributed by atoms with van der Waals surface area (Å²) in [7, 11) is 3.54. The number of hydrogen-bond acceptors (Lipinski definition) is 7. The molecule has 0 saturated heterocycles. The van der Waals surface area contributed by atoms with Crippen LogP contribution in [0.3, 0.4) is 0 Å². The Labute approximate surface area is 169 Å². The van der Waals surface area contributed by atoms with Crippen LogP contribution in [-0.4, -0.2) is 41.7 Å². The van der Waals surface area contributed by atoms with Gasteiger partial charge in [0, 0.05) is 25.7 Å². The number of hydrogen-bond donors (Lipinski definition) is 1. The van der Waals surface area contributed by atoms with Crippen LogP contribution >= 0.6 is 0 Å². The van der Waals surface area contributed by atoms with Crippen LogP contribution in [0.4, 0.5) is 5.69 Å². The quantitative estimate of drug-likeness (QED) is 0.590. The number of pyridine rings is 1. The lowest BCUT2D eigenvalue weighted by Crippen LogP contribution is -2.36. The van der Waals surface area contributed by atoms with E-state index in [1.165, 1.54) is 0 Å². The number of methoxy groups -OCH3 is 1. The number of allylic oxidation sites excluding steroid dienone is 2. The molecule has 0 aliphatic carbocycles. The molecule has 150 valence electrons. The fraction of sp³-hybridized carbons (Fsp3) is 0.238. The van der Waals surface area contributed by atoms with Gasteiger partial charge in [-0.2, -0.15) is 5.10 Å². The third-order valence-electron chi connectivity index (χ3n) is 4.34. The summed E-state index contributed by atoms with van der Waals surface area (Å²) in [6.45, 7) is 1.43. The summed E-state index contributed by atoms with van der Waals surface area (Å²) in [5, 5.41) is 7.06. The molecule has 0 bridgehead atoms. The average molecular weight is 393 g/mol. The van der Waals surface area contributed by atoms with Crippen LogP contribution < -0.4 is 19.9 Å². The van der Waals surface area contributed by atoms with Crippen molar-refractivity contribution in [3.05, 3.63) is 66.9 Å². The molecule has 1 aliphatic heterocycles. The van der Waals surface area contributed by atoms with E-state index < -0.39 is 0 Å². The number of fused-ring (bicyclic) bond motifs is 1. The Morgan fingerprint density at radius 2 is 1.97 bits per heavy atom. The lowest BCUT2D eigenvalue weighted by molar-refractivity contribution is 0.146. The van der Waals surface area contributed by atoms with E-state index in [0.717, 1.165) is 28.0 Å². The van der Waals surface area contributed by atoms with Crippen molar-refractivity contribution < 1.29 is 14.2 Å². The highest BCUT2D eigenvalue weighted by molar-refractivity contribution is 5.81. The Hall–Kier alpha value is -3.52. The van der Waals surface area contributed by atoms with Gasteiger partial charge in [-0.15, -0.1) is 0 Å². The van der Waals surface area contributed by atoms with E-state index in [2.05, 4.69) is 15.5 Å². The highest BCUT2D eigenvalue weighted by Crippen LogP contribution is 2.24. The third kappa shape index (κ3) is 4.67. The molecule has 8 nitrogen and oxygen atoms in total. The van der Waals surface area contributed by atoms with Gasteiger partial charge in [0.05, 0.1) is 36.4 Å². The second kappa shape index (κ2) is 8.66. The predicted molar refractivity (Wildman–Crippen MR) is 111 cm³/mol. The number of hydrazine groups is 1. The number of rotatable bonds is 8. The first-order valence-electron chi connectivity index (χ1n) is 9.27. The van der Waals surface area contributed by atoms with Crippen LogP contribution in [0.5, 0.6) is 11.5 Å². The molecular weight excluding hydrogens is 370 g/mol. The van der Waals surface area contributed by atoms with Gasteiger partial charge >= 0.3 is 0 Å². The van der Waals surface area contributed by atoms with Crippen molar-refractivity contribution in [3.63, 3.8) is 0 Å². The summed E-state index contributed by atoms with van der Waals surface area (Å²) in [5.41, 5.74) is 6.09. The van der Waals surface area contributed by atoms with Crippen LogP contribution in [0.2, 0.25) is 0 Å². The molecule has 4 rings (SSSR count). The van der Waals surface area contributed by atoms with Crippen molar-refractivity contribution in [2.45, 2.75) is 0 Å². The Kier molecular flexibility index (Phi) is 5.62. The standard InChI is InChI=1S/C21H23N5O3/c1-25-14-18(12-23-25)26-7-3-4-17(24-26)15-29-19-5-6-21-16(10-19)11-20(13-22-21)28-9-8-27-2/h3-7,10-14,24H,8-9,15H2,1-2H3. The largest absolute Gasteiger partial charge is 0.490 e. The Bertz CT molecular complexity index is 1040. The molecule has 0 atom stereocenters. The Morgan fingerprint density at radius 1 is 1.07 bits per heavy atom. The van der Waals surface area contributed by atoms with Gasteiger partial charge in [0.1, 0.15) is 30.4 Å². The first kappa shape index (κ1) is 18.8. The zero-order valence-corrected chi connectivity index (χ0v) is 16.4. The van der Waals surface area contributed by atoms with Gasteiger partial charge in [-0.05, 0) is 36.4 Å². The second-order valence-electron chi connectivity index (χ2n) is 6.54. The molecule has 0 spiro atoms. The van der Waals surface area contributed by atoms with Crippen LogP contribution in [-0.2, 0) is 11.8 Å². The average Bonchev–Trinajstić information content (AvgIpc) is 3.19. The number of aryl methyl sites for hydroxylation is 1. The summed E-state index contributed by atoms with van der Waals surface area (Å²) < 4.78 is 18.4. The van der Waals surface area contributed by atoms with E-state index in [1.807, 2.05) is 60.9 Å². The number of benzene rings is 1. The molecule has 8 heteroatoms. The Morgan fingerprint density at radius 3 is 2.79 bits per heavy atom. The van der Waals surface area contributed by atoms with E-state index in [-0.39, 0.29) is 0 Å². The summed E-state index contributed by atoms with van der Waals surface area (Å²) in [5.74, 6) is 1.47. The SMILES string of the molecule is COCCOc1cnc2ccc(OCC3=CC=CN(c4cnn(C)c4)N3)cc2c1. The molecule has 0 fully saturated rings. The van der Waals surface area contributed by atoms with Crippen molar-refractivity contribution in [1.82, 2.24) is 20.2 Å². The first-order chi connectivity index (χ1) is 14.2. The van der Waals surface area contributed by atoms with Crippen LogP contribution in [0.15, 0.2) is 66.9 Å². The maximum Gasteiger partial charge on any atom is 0.138 e. The van der Waals surface area contributed by atoms with Crippen LogP contribution in [0, 0.1) is 0 Å². The van der Waals surface area contributed by atoms with E-state index in [9.17, 15) is 0 Å². The lowest BCUT2D eigenvalue weighted by Gasteiger charge is -2.25. The minimum atomic E-state index is 0.407. The van der Waals surface area contributed by atoms with Gasteiger partial charge < -0.3 is 14.2 Å².